The molecule has 1 unspecified atom stereocenters. The lowest BCUT2D eigenvalue weighted by Gasteiger charge is -2.38. The SMILES string of the molecule is CC1(C(N)=O)CN(C(=O)c2nccc3ccccc23)CCO1. The molecule has 0 aliphatic carbocycles. The molecule has 1 aliphatic rings. The third-order valence-electron chi connectivity index (χ3n) is 3.96. The van der Waals surface area contributed by atoms with Crippen molar-refractivity contribution in [1.29, 1.82) is 0 Å². The number of hydrogen-bond acceptors (Lipinski definition) is 4. The highest BCUT2D eigenvalue weighted by Crippen LogP contribution is 2.22. The first kappa shape index (κ1) is 14.5. The Kier molecular flexibility index (Phi) is 3.54. The number of rotatable bonds is 2. The Bertz CT molecular complexity index is 741. The third kappa shape index (κ3) is 2.42. The molecule has 1 aliphatic heterocycles. The van der Waals surface area contributed by atoms with Crippen LogP contribution >= 0.6 is 0 Å². The molecule has 2 amide bonds. The van der Waals surface area contributed by atoms with Crippen LogP contribution in [0.2, 0.25) is 0 Å². The summed E-state index contributed by atoms with van der Waals surface area (Å²) in [7, 11) is 0. The van der Waals surface area contributed by atoms with Gasteiger partial charge in [-0.1, -0.05) is 24.3 Å². The van der Waals surface area contributed by atoms with Gasteiger partial charge in [0.15, 0.2) is 5.60 Å². The zero-order valence-electron chi connectivity index (χ0n) is 12.3. The van der Waals surface area contributed by atoms with Gasteiger partial charge in [-0.3, -0.25) is 14.6 Å². The van der Waals surface area contributed by atoms with E-state index >= 15 is 0 Å². The minimum absolute atomic E-state index is 0.131. The molecule has 0 radical (unpaired) electrons. The molecule has 0 saturated carbocycles. The molecular formula is C16H17N3O3. The van der Waals surface area contributed by atoms with Crippen molar-refractivity contribution in [2.75, 3.05) is 19.7 Å². The average Bonchev–Trinajstić information content (AvgIpc) is 2.53. The highest BCUT2D eigenvalue weighted by Gasteiger charge is 2.39. The number of benzene rings is 1. The standard InChI is InChI=1S/C16H17N3O3/c1-16(15(17)21)10-19(8-9-22-16)14(20)13-12-5-3-2-4-11(12)6-7-18-13/h2-7H,8-10H2,1H3,(H2,17,21). The number of aromatic nitrogens is 1. The fraction of sp³-hybridized carbons (Fsp3) is 0.312. The number of nitrogens with zero attached hydrogens (tertiary/aromatic N) is 2. The van der Waals surface area contributed by atoms with Crippen molar-refractivity contribution in [2.45, 2.75) is 12.5 Å². The number of carbonyl (C=O) groups excluding carboxylic acids is 2. The fourth-order valence-corrected chi connectivity index (χ4v) is 2.63. The first-order valence-electron chi connectivity index (χ1n) is 7.08. The van der Waals surface area contributed by atoms with Crippen LogP contribution in [0.25, 0.3) is 10.8 Å². The van der Waals surface area contributed by atoms with E-state index in [1.807, 2.05) is 30.3 Å². The highest BCUT2D eigenvalue weighted by atomic mass is 16.5. The van der Waals surface area contributed by atoms with Gasteiger partial charge in [0.2, 0.25) is 0 Å². The molecular weight excluding hydrogens is 282 g/mol. The van der Waals surface area contributed by atoms with E-state index in [1.165, 1.54) is 0 Å². The fourth-order valence-electron chi connectivity index (χ4n) is 2.63. The monoisotopic (exact) mass is 299 g/mol. The Morgan fingerprint density at radius 1 is 1.32 bits per heavy atom. The van der Waals surface area contributed by atoms with Gasteiger partial charge in [0, 0.05) is 18.1 Å². The first-order chi connectivity index (χ1) is 10.5. The number of primary amides is 1. The lowest BCUT2D eigenvalue weighted by molar-refractivity contribution is -0.150. The molecule has 1 atom stereocenters. The Morgan fingerprint density at radius 3 is 2.86 bits per heavy atom. The Labute approximate surface area is 127 Å². The lowest BCUT2D eigenvalue weighted by Crippen LogP contribution is -2.58. The molecule has 2 N–H and O–H groups in total. The van der Waals surface area contributed by atoms with Gasteiger partial charge in [0.05, 0.1) is 13.2 Å². The van der Waals surface area contributed by atoms with E-state index in [0.29, 0.717) is 12.2 Å². The Hall–Kier alpha value is -2.47. The van der Waals surface area contributed by atoms with Crippen molar-refractivity contribution in [3.8, 4) is 0 Å². The van der Waals surface area contributed by atoms with Crippen LogP contribution in [-0.4, -0.2) is 47.0 Å². The summed E-state index contributed by atoms with van der Waals surface area (Å²) in [4.78, 5) is 30.1. The van der Waals surface area contributed by atoms with Crippen molar-refractivity contribution in [1.82, 2.24) is 9.88 Å². The summed E-state index contributed by atoms with van der Waals surface area (Å²) >= 11 is 0. The van der Waals surface area contributed by atoms with E-state index in [0.717, 1.165) is 10.8 Å². The van der Waals surface area contributed by atoms with Gasteiger partial charge in [-0.25, -0.2) is 0 Å². The molecule has 3 rings (SSSR count). The van der Waals surface area contributed by atoms with Crippen LogP contribution in [0.5, 0.6) is 0 Å². The summed E-state index contributed by atoms with van der Waals surface area (Å²) in [5.41, 5.74) is 4.60. The smallest absolute Gasteiger partial charge is 0.273 e. The Morgan fingerprint density at radius 2 is 2.09 bits per heavy atom. The minimum Gasteiger partial charge on any atom is -0.367 e. The van der Waals surface area contributed by atoms with Gasteiger partial charge in [-0.05, 0) is 18.4 Å². The van der Waals surface area contributed by atoms with Crippen LogP contribution in [0.15, 0.2) is 36.5 Å². The van der Waals surface area contributed by atoms with Gasteiger partial charge in [-0.15, -0.1) is 0 Å². The molecule has 22 heavy (non-hydrogen) atoms. The molecule has 6 nitrogen and oxygen atoms in total. The number of hydrogen-bond donors (Lipinski definition) is 1. The molecule has 2 heterocycles. The molecule has 0 bridgehead atoms. The van der Waals surface area contributed by atoms with Crippen LogP contribution in [0.4, 0.5) is 0 Å². The van der Waals surface area contributed by atoms with Crippen molar-refractivity contribution in [2.24, 2.45) is 5.73 Å². The summed E-state index contributed by atoms with van der Waals surface area (Å²) in [5.74, 6) is -0.788. The molecule has 2 aromatic rings. The van der Waals surface area contributed by atoms with Gasteiger partial charge >= 0.3 is 0 Å². The molecule has 0 spiro atoms. The maximum absolute atomic E-state index is 12.8. The molecule has 1 saturated heterocycles. The van der Waals surface area contributed by atoms with Crippen LogP contribution in [0.1, 0.15) is 17.4 Å². The summed E-state index contributed by atoms with van der Waals surface area (Å²) in [6, 6.07) is 9.44. The maximum Gasteiger partial charge on any atom is 0.273 e. The molecule has 1 aromatic carbocycles. The maximum atomic E-state index is 12.8. The number of ether oxygens (including phenoxy) is 1. The van der Waals surface area contributed by atoms with Crippen LogP contribution in [0, 0.1) is 0 Å². The van der Waals surface area contributed by atoms with Gasteiger partial charge in [-0.2, -0.15) is 0 Å². The average molecular weight is 299 g/mol. The zero-order chi connectivity index (χ0) is 15.7. The first-order valence-corrected chi connectivity index (χ1v) is 7.08. The van der Waals surface area contributed by atoms with E-state index in [2.05, 4.69) is 4.98 Å². The highest BCUT2D eigenvalue weighted by molar-refractivity contribution is 6.05. The largest absolute Gasteiger partial charge is 0.367 e. The van der Waals surface area contributed by atoms with Crippen LogP contribution < -0.4 is 5.73 Å². The third-order valence-corrected chi connectivity index (χ3v) is 3.96. The number of pyridine rings is 1. The molecule has 1 fully saturated rings. The van der Waals surface area contributed by atoms with E-state index in [9.17, 15) is 9.59 Å². The summed E-state index contributed by atoms with van der Waals surface area (Å²) in [6.07, 6.45) is 1.61. The van der Waals surface area contributed by atoms with Crippen molar-refractivity contribution in [3.63, 3.8) is 0 Å². The van der Waals surface area contributed by atoms with Gasteiger partial charge < -0.3 is 15.4 Å². The van der Waals surface area contributed by atoms with E-state index < -0.39 is 11.5 Å². The zero-order valence-corrected chi connectivity index (χ0v) is 12.3. The second-order valence-electron chi connectivity index (χ2n) is 5.55. The van der Waals surface area contributed by atoms with Crippen molar-refractivity contribution < 1.29 is 14.3 Å². The van der Waals surface area contributed by atoms with Crippen molar-refractivity contribution >= 4 is 22.6 Å². The van der Waals surface area contributed by atoms with E-state index in [4.69, 9.17) is 10.5 Å². The molecule has 6 heteroatoms. The lowest BCUT2D eigenvalue weighted by atomic mass is 10.0. The summed E-state index contributed by atoms with van der Waals surface area (Å²) in [6.45, 7) is 2.42. The number of carbonyl (C=O) groups is 2. The minimum atomic E-state index is -1.15. The second-order valence-corrected chi connectivity index (χ2v) is 5.55. The van der Waals surface area contributed by atoms with Gasteiger partial charge in [0.1, 0.15) is 5.69 Å². The van der Waals surface area contributed by atoms with Crippen molar-refractivity contribution in [3.05, 3.63) is 42.2 Å². The topological polar surface area (TPSA) is 85.5 Å². The normalized spacial score (nSPS) is 21.8. The van der Waals surface area contributed by atoms with Crippen LogP contribution in [-0.2, 0) is 9.53 Å². The second kappa shape index (κ2) is 5.38. The predicted molar refractivity (Wildman–Crippen MR) is 81.2 cm³/mol. The quantitative estimate of drug-likeness (QED) is 0.894. The van der Waals surface area contributed by atoms with Gasteiger partial charge in [0.25, 0.3) is 11.8 Å². The predicted octanol–water partition coefficient (Wildman–Crippen LogP) is 0.951. The summed E-state index contributed by atoms with van der Waals surface area (Å²) in [5, 5.41) is 1.74. The molecule has 114 valence electrons. The number of amides is 2. The summed E-state index contributed by atoms with van der Waals surface area (Å²) < 4.78 is 5.44. The molecule has 1 aromatic heterocycles. The van der Waals surface area contributed by atoms with E-state index in [1.54, 1.807) is 18.0 Å². The number of morpholine rings is 1. The van der Waals surface area contributed by atoms with E-state index in [-0.39, 0.29) is 19.1 Å². The Balaban J connectivity index is 1.94. The number of fused-ring (bicyclic) bond motifs is 1. The number of nitrogens with two attached hydrogens (primary N) is 1. The van der Waals surface area contributed by atoms with Crippen LogP contribution in [0.3, 0.4) is 0 Å².